The number of nitrogens with one attached hydrogen (secondary N) is 1. The minimum absolute atomic E-state index is 0.250. The number of Topliss-reactive ketones (excluding diaryl/α,β-unsaturated/α-hetero) is 1. The number of hydrogen-bond acceptors (Lipinski definition) is 3. The van der Waals surface area contributed by atoms with Crippen LogP contribution in [0.4, 0.5) is 0 Å². The van der Waals surface area contributed by atoms with Gasteiger partial charge in [-0.3, -0.25) is 4.79 Å². The summed E-state index contributed by atoms with van der Waals surface area (Å²) in [6.07, 6.45) is 4.28. The van der Waals surface area contributed by atoms with Crippen molar-refractivity contribution in [3.05, 3.63) is 24.2 Å². The van der Waals surface area contributed by atoms with Crippen LogP contribution >= 0.6 is 0 Å². The Bertz CT molecular complexity index is 265. The third-order valence-corrected chi connectivity index (χ3v) is 1.94. The summed E-state index contributed by atoms with van der Waals surface area (Å²) in [5, 5.41) is 3.21. The maximum absolute atomic E-state index is 11.4. The lowest BCUT2D eigenvalue weighted by atomic mass is 10.1. The molecule has 0 aromatic carbocycles. The van der Waals surface area contributed by atoms with Crippen molar-refractivity contribution in [3.8, 4) is 0 Å². The molecule has 0 aliphatic rings. The van der Waals surface area contributed by atoms with Crippen molar-refractivity contribution in [2.24, 2.45) is 0 Å². The molecule has 0 fully saturated rings. The molecule has 0 aliphatic carbocycles. The molecule has 3 heteroatoms. The average Bonchev–Trinajstić information content (AvgIpc) is 2.56. The minimum atomic E-state index is 0.250. The van der Waals surface area contributed by atoms with Gasteiger partial charge < -0.3 is 9.73 Å². The van der Waals surface area contributed by atoms with Crippen LogP contribution < -0.4 is 5.32 Å². The summed E-state index contributed by atoms with van der Waals surface area (Å²) in [5.74, 6) is 0.250. The lowest BCUT2D eigenvalue weighted by molar-refractivity contribution is -0.118. The van der Waals surface area contributed by atoms with Crippen LogP contribution in [0, 0.1) is 0 Å². The van der Waals surface area contributed by atoms with Crippen LogP contribution in [-0.2, 0) is 11.2 Å². The summed E-state index contributed by atoms with van der Waals surface area (Å²) in [7, 11) is 0. The van der Waals surface area contributed by atoms with Gasteiger partial charge in [0.05, 0.1) is 12.5 Å². The molecule has 0 spiro atoms. The molecule has 0 radical (unpaired) electrons. The van der Waals surface area contributed by atoms with Crippen LogP contribution in [0.15, 0.2) is 23.0 Å². The van der Waals surface area contributed by atoms with Crippen molar-refractivity contribution in [2.45, 2.75) is 32.7 Å². The van der Waals surface area contributed by atoms with Crippen LogP contribution in [0.1, 0.15) is 25.8 Å². The van der Waals surface area contributed by atoms with Crippen molar-refractivity contribution >= 4 is 5.78 Å². The second-order valence-corrected chi connectivity index (χ2v) is 3.71. The summed E-state index contributed by atoms with van der Waals surface area (Å²) < 4.78 is 4.89. The van der Waals surface area contributed by atoms with E-state index in [2.05, 4.69) is 19.2 Å². The van der Waals surface area contributed by atoms with Crippen LogP contribution in [0.3, 0.4) is 0 Å². The third-order valence-electron chi connectivity index (χ3n) is 1.94. The topological polar surface area (TPSA) is 42.2 Å². The Morgan fingerprint density at radius 2 is 2.36 bits per heavy atom. The predicted molar refractivity (Wildman–Crippen MR) is 55.2 cm³/mol. The zero-order chi connectivity index (χ0) is 10.4. The van der Waals surface area contributed by atoms with Gasteiger partial charge in [-0.25, -0.2) is 0 Å². The highest BCUT2D eigenvalue weighted by Gasteiger charge is 2.04. The van der Waals surface area contributed by atoms with Gasteiger partial charge in [0.15, 0.2) is 0 Å². The molecule has 14 heavy (non-hydrogen) atoms. The van der Waals surface area contributed by atoms with Gasteiger partial charge in [-0.2, -0.15) is 0 Å². The van der Waals surface area contributed by atoms with Gasteiger partial charge in [-0.1, -0.05) is 13.8 Å². The Morgan fingerprint density at radius 3 is 2.93 bits per heavy atom. The van der Waals surface area contributed by atoms with Gasteiger partial charge in [0.25, 0.3) is 0 Å². The summed E-state index contributed by atoms with van der Waals surface area (Å²) >= 11 is 0. The first-order chi connectivity index (χ1) is 6.68. The summed E-state index contributed by atoms with van der Waals surface area (Å²) in [6.45, 7) is 4.90. The largest absolute Gasteiger partial charge is 0.472 e. The summed E-state index contributed by atoms with van der Waals surface area (Å²) in [5.41, 5.74) is 0.958. The molecule has 0 aliphatic heterocycles. The number of ketones is 1. The molecule has 1 N–H and O–H groups in total. The lowest BCUT2D eigenvalue weighted by Gasteiger charge is -2.06. The van der Waals surface area contributed by atoms with E-state index in [-0.39, 0.29) is 5.78 Å². The van der Waals surface area contributed by atoms with Crippen molar-refractivity contribution in [2.75, 3.05) is 6.54 Å². The normalized spacial score (nSPS) is 10.8. The Labute approximate surface area is 84.5 Å². The summed E-state index contributed by atoms with van der Waals surface area (Å²) in [6, 6.07) is 2.27. The number of hydrogen-bond donors (Lipinski definition) is 1. The second-order valence-electron chi connectivity index (χ2n) is 3.71. The number of carbonyl (C=O) groups excluding carboxylic acids is 1. The van der Waals surface area contributed by atoms with Crippen molar-refractivity contribution in [1.29, 1.82) is 0 Å². The predicted octanol–water partition coefficient (Wildman–Crippen LogP) is 1.78. The van der Waals surface area contributed by atoms with E-state index in [4.69, 9.17) is 4.42 Å². The molecular weight excluding hydrogens is 178 g/mol. The molecule has 1 aromatic rings. The number of carbonyl (C=O) groups is 1. The van der Waals surface area contributed by atoms with Crippen LogP contribution in [-0.4, -0.2) is 18.4 Å². The Morgan fingerprint density at radius 1 is 1.57 bits per heavy atom. The first-order valence-corrected chi connectivity index (χ1v) is 4.94. The van der Waals surface area contributed by atoms with Crippen molar-refractivity contribution < 1.29 is 9.21 Å². The highest BCUT2D eigenvalue weighted by molar-refractivity contribution is 5.80. The zero-order valence-electron chi connectivity index (χ0n) is 8.75. The van der Waals surface area contributed by atoms with Gasteiger partial charge in [-0.15, -0.1) is 0 Å². The Balaban J connectivity index is 2.17. The molecule has 0 unspecified atom stereocenters. The molecule has 78 valence electrons. The SMILES string of the molecule is CC(C)NCCC(=O)Cc1ccoc1. The molecular formula is C11H17NO2. The first-order valence-electron chi connectivity index (χ1n) is 4.94. The fourth-order valence-electron chi connectivity index (χ4n) is 1.21. The number of furan rings is 1. The molecule has 1 heterocycles. The zero-order valence-corrected chi connectivity index (χ0v) is 8.75. The van der Waals surface area contributed by atoms with Gasteiger partial charge in [0, 0.05) is 25.4 Å². The van der Waals surface area contributed by atoms with E-state index in [1.165, 1.54) is 0 Å². The van der Waals surface area contributed by atoms with E-state index in [0.29, 0.717) is 18.9 Å². The van der Waals surface area contributed by atoms with E-state index in [0.717, 1.165) is 12.1 Å². The molecule has 0 bridgehead atoms. The molecule has 1 rings (SSSR count). The molecule has 0 amide bonds. The molecule has 0 atom stereocenters. The van der Waals surface area contributed by atoms with E-state index in [1.54, 1.807) is 12.5 Å². The highest BCUT2D eigenvalue weighted by atomic mass is 16.3. The molecule has 0 saturated heterocycles. The quantitative estimate of drug-likeness (QED) is 0.752. The van der Waals surface area contributed by atoms with E-state index in [9.17, 15) is 4.79 Å². The van der Waals surface area contributed by atoms with Gasteiger partial charge in [0.1, 0.15) is 5.78 Å². The standard InChI is InChI=1S/C11H17NO2/c1-9(2)12-5-3-11(13)7-10-4-6-14-8-10/h4,6,8-9,12H,3,5,7H2,1-2H3. The van der Waals surface area contributed by atoms with E-state index in [1.807, 2.05) is 6.07 Å². The monoisotopic (exact) mass is 195 g/mol. The van der Waals surface area contributed by atoms with Gasteiger partial charge in [0.2, 0.25) is 0 Å². The maximum atomic E-state index is 11.4. The minimum Gasteiger partial charge on any atom is -0.472 e. The van der Waals surface area contributed by atoms with Crippen molar-refractivity contribution in [1.82, 2.24) is 5.32 Å². The average molecular weight is 195 g/mol. The van der Waals surface area contributed by atoms with E-state index >= 15 is 0 Å². The number of rotatable bonds is 6. The van der Waals surface area contributed by atoms with Crippen LogP contribution in [0.25, 0.3) is 0 Å². The highest BCUT2D eigenvalue weighted by Crippen LogP contribution is 2.02. The van der Waals surface area contributed by atoms with E-state index < -0.39 is 0 Å². The van der Waals surface area contributed by atoms with Gasteiger partial charge >= 0.3 is 0 Å². The second kappa shape index (κ2) is 5.60. The van der Waals surface area contributed by atoms with Crippen LogP contribution in [0.2, 0.25) is 0 Å². The molecule has 0 saturated carbocycles. The fraction of sp³-hybridized carbons (Fsp3) is 0.545. The first kappa shape index (κ1) is 11.0. The Hall–Kier alpha value is -1.09. The fourth-order valence-corrected chi connectivity index (χ4v) is 1.21. The molecule has 1 aromatic heterocycles. The van der Waals surface area contributed by atoms with Crippen LogP contribution in [0.5, 0.6) is 0 Å². The molecule has 3 nitrogen and oxygen atoms in total. The lowest BCUT2D eigenvalue weighted by Crippen LogP contribution is -2.25. The third kappa shape index (κ3) is 4.23. The maximum Gasteiger partial charge on any atom is 0.138 e. The Kier molecular flexibility index (Phi) is 4.40. The smallest absolute Gasteiger partial charge is 0.138 e. The summed E-state index contributed by atoms with van der Waals surface area (Å²) in [4.78, 5) is 11.4. The van der Waals surface area contributed by atoms with Gasteiger partial charge in [-0.05, 0) is 11.6 Å². The van der Waals surface area contributed by atoms with Crippen molar-refractivity contribution in [3.63, 3.8) is 0 Å².